The molecule has 0 aliphatic carbocycles. The first-order valence-electron chi connectivity index (χ1n) is 9.53. The maximum Gasteiger partial charge on any atom is 0.258 e. The second-order valence-electron chi connectivity index (χ2n) is 7.12. The molecule has 2 N–H and O–H groups in total. The van der Waals surface area contributed by atoms with Crippen molar-refractivity contribution in [2.45, 2.75) is 32.4 Å². The molecule has 1 aromatic carbocycles. The van der Waals surface area contributed by atoms with Gasteiger partial charge in [0, 0.05) is 42.8 Å². The van der Waals surface area contributed by atoms with E-state index in [1.54, 1.807) is 48.3 Å². The van der Waals surface area contributed by atoms with Crippen LogP contribution in [0.25, 0.3) is 0 Å². The van der Waals surface area contributed by atoms with Gasteiger partial charge in [0.05, 0.1) is 17.8 Å². The summed E-state index contributed by atoms with van der Waals surface area (Å²) in [7, 11) is 0. The average molecular weight is 405 g/mol. The second kappa shape index (κ2) is 7.87. The van der Waals surface area contributed by atoms with Crippen molar-refractivity contribution in [2.75, 3.05) is 0 Å². The van der Waals surface area contributed by atoms with E-state index in [-0.39, 0.29) is 33.9 Å². The Kier molecular flexibility index (Phi) is 5.11. The number of aryl methyl sites for hydroxylation is 2. The summed E-state index contributed by atoms with van der Waals surface area (Å²) in [6.07, 6.45) is 5.98. The second-order valence-corrected chi connectivity index (χ2v) is 7.12. The number of imidazole rings is 1. The zero-order valence-electron chi connectivity index (χ0n) is 16.4. The van der Waals surface area contributed by atoms with Crippen LogP contribution in [0.5, 0.6) is 5.75 Å². The first kappa shape index (κ1) is 19.5. The number of hydrogen-bond donors (Lipinski definition) is 1. The van der Waals surface area contributed by atoms with Crippen LogP contribution in [0.15, 0.2) is 65.3 Å². The maximum atomic E-state index is 14.6. The van der Waals surface area contributed by atoms with Gasteiger partial charge in [-0.2, -0.15) is 5.26 Å². The number of fused-ring (bicyclic) bond motifs is 1. The summed E-state index contributed by atoms with van der Waals surface area (Å²) in [4.78, 5) is 17.5. The number of nitrogens with zero attached hydrogens (tertiary/aromatic N) is 4. The number of ether oxygens (including phenoxy) is 1. The number of pyridine rings is 1. The van der Waals surface area contributed by atoms with Gasteiger partial charge in [-0.05, 0) is 19.4 Å². The molecule has 3 heterocycles. The lowest BCUT2D eigenvalue weighted by Crippen LogP contribution is -2.33. The summed E-state index contributed by atoms with van der Waals surface area (Å²) in [5, 5.41) is 9.66. The van der Waals surface area contributed by atoms with Crippen molar-refractivity contribution < 1.29 is 9.13 Å². The molecule has 3 aromatic rings. The number of nitriles is 1. The Morgan fingerprint density at radius 2 is 2.13 bits per heavy atom. The summed E-state index contributed by atoms with van der Waals surface area (Å²) in [5.41, 5.74) is 6.80. The fourth-order valence-electron chi connectivity index (χ4n) is 3.81. The highest BCUT2D eigenvalue weighted by Crippen LogP contribution is 2.41. The van der Waals surface area contributed by atoms with E-state index in [1.165, 1.54) is 6.07 Å². The van der Waals surface area contributed by atoms with Crippen molar-refractivity contribution in [2.24, 2.45) is 5.73 Å². The first-order chi connectivity index (χ1) is 14.5. The quantitative estimate of drug-likeness (QED) is 0.704. The molecule has 8 heteroatoms. The lowest BCUT2D eigenvalue weighted by atomic mass is 9.83. The number of benzene rings is 1. The predicted octanol–water partition coefficient (Wildman–Crippen LogP) is 2.80. The zero-order valence-corrected chi connectivity index (χ0v) is 16.4. The normalized spacial score (nSPS) is 15.4. The largest absolute Gasteiger partial charge is 0.440 e. The highest BCUT2D eigenvalue weighted by molar-refractivity contribution is 5.55. The van der Waals surface area contributed by atoms with Crippen molar-refractivity contribution >= 4 is 0 Å². The van der Waals surface area contributed by atoms with Crippen LogP contribution < -0.4 is 16.0 Å². The number of halogens is 1. The van der Waals surface area contributed by atoms with E-state index in [1.807, 2.05) is 16.8 Å². The molecule has 0 radical (unpaired) electrons. The van der Waals surface area contributed by atoms with Crippen LogP contribution in [0.2, 0.25) is 0 Å². The van der Waals surface area contributed by atoms with Crippen LogP contribution in [0.1, 0.15) is 29.2 Å². The van der Waals surface area contributed by atoms with E-state index < -0.39 is 11.7 Å². The van der Waals surface area contributed by atoms with Gasteiger partial charge in [0.2, 0.25) is 5.88 Å². The molecule has 1 aliphatic rings. The van der Waals surface area contributed by atoms with Gasteiger partial charge in [-0.3, -0.25) is 4.79 Å². The molecule has 30 heavy (non-hydrogen) atoms. The molecular weight excluding hydrogens is 385 g/mol. The first-order valence-corrected chi connectivity index (χ1v) is 9.53. The zero-order chi connectivity index (χ0) is 21.3. The van der Waals surface area contributed by atoms with Crippen molar-refractivity contribution in [1.29, 1.82) is 5.26 Å². The summed E-state index contributed by atoms with van der Waals surface area (Å²) in [6, 6.07) is 9.79. The Labute approximate surface area is 172 Å². The molecule has 2 aromatic heterocycles. The highest BCUT2D eigenvalue weighted by Gasteiger charge is 2.35. The van der Waals surface area contributed by atoms with Crippen molar-refractivity contribution in [3.63, 3.8) is 0 Å². The molecule has 7 nitrogen and oxygen atoms in total. The Hall–Kier alpha value is -3.86. The Balaban J connectivity index is 1.80. The number of rotatable bonds is 5. The van der Waals surface area contributed by atoms with Crippen LogP contribution in [0.3, 0.4) is 0 Å². The molecule has 1 atom stereocenters. The fourth-order valence-corrected chi connectivity index (χ4v) is 3.81. The minimum Gasteiger partial charge on any atom is -0.440 e. The Bertz CT molecular complexity index is 1220. The minimum absolute atomic E-state index is 0.0264. The van der Waals surface area contributed by atoms with Crippen LogP contribution in [-0.4, -0.2) is 14.1 Å². The fraction of sp³-hybridized carbons (Fsp3) is 0.227. The van der Waals surface area contributed by atoms with E-state index in [0.717, 1.165) is 0 Å². The van der Waals surface area contributed by atoms with E-state index in [0.29, 0.717) is 25.2 Å². The van der Waals surface area contributed by atoms with Gasteiger partial charge in [0.25, 0.3) is 5.56 Å². The number of hydrogen-bond acceptors (Lipinski definition) is 5. The predicted molar refractivity (Wildman–Crippen MR) is 108 cm³/mol. The molecular formula is C22H20FN5O2. The summed E-state index contributed by atoms with van der Waals surface area (Å²) in [6.45, 7) is 2.97. The molecule has 0 fully saturated rings. The van der Waals surface area contributed by atoms with Gasteiger partial charge in [-0.1, -0.05) is 18.2 Å². The SMILES string of the molecule is Cc1cc2c(c(=O)n1CCCn1ccnc1)[C@H](c1ccccc1F)C(C#N)=C(N)O2. The molecule has 0 unspecified atom stereocenters. The lowest BCUT2D eigenvalue weighted by Gasteiger charge is -2.27. The van der Waals surface area contributed by atoms with Gasteiger partial charge in [-0.15, -0.1) is 0 Å². The molecule has 152 valence electrons. The molecule has 0 spiro atoms. The summed E-state index contributed by atoms with van der Waals surface area (Å²) in [5.74, 6) is -1.29. The number of allylic oxidation sites excluding steroid dienone is 1. The van der Waals surface area contributed by atoms with E-state index in [4.69, 9.17) is 10.5 Å². The lowest BCUT2D eigenvalue weighted by molar-refractivity contribution is 0.386. The van der Waals surface area contributed by atoms with Gasteiger partial charge >= 0.3 is 0 Å². The number of aromatic nitrogens is 3. The highest BCUT2D eigenvalue weighted by atomic mass is 19.1. The van der Waals surface area contributed by atoms with Gasteiger partial charge in [0.15, 0.2) is 0 Å². The van der Waals surface area contributed by atoms with Crippen LogP contribution >= 0.6 is 0 Å². The third kappa shape index (κ3) is 3.35. The van der Waals surface area contributed by atoms with Crippen molar-refractivity contribution in [3.8, 4) is 11.8 Å². The van der Waals surface area contributed by atoms with Crippen LogP contribution in [-0.2, 0) is 13.1 Å². The molecule has 0 saturated carbocycles. The summed E-state index contributed by atoms with van der Waals surface area (Å²) < 4.78 is 23.8. The number of nitrogens with two attached hydrogens (primary N) is 1. The third-order valence-corrected chi connectivity index (χ3v) is 5.26. The third-order valence-electron chi connectivity index (χ3n) is 5.26. The van der Waals surface area contributed by atoms with Gasteiger partial charge < -0.3 is 19.6 Å². The molecule has 0 bridgehead atoms. The maximum absolute atomic E-state index is 14.6. The smallest absolute Gasteiger partial charge is 0.258 e. The topological polar surface area (TPSA) is 98.9 Å². The molecule has 1 aliphatic heterocycles. The van der Waals surface area contributed by atoms with E-state index in [2.05, 4.69) is 4.98 Å². The van der Waals surface area contributed by atoms with Crippen LogP contribution in [0.4, 0.5) is 4.39 Å². The summed E-state index contributed by atoms with van der Waals surface area (Å²) >= 11 is 0. The van der Waals surface area contributed by atoms with Crippen molar-refractivity contribution in [1.82, 2.24) is 14.1 Å². The average Bonchev–Trinajstić information content (AvgIpc) is 3.23. The van der Waals surface area contributed by atoms with E-state index in [9.17, 15) is 14.4 Å². The monoisotopic (exact) mass is 405 g/mol. The standard InChI is InChI=1S/C22H20FN5O2/c1-14-11-18-20(22(29)28(14)9-4-8-27-10-7-26-13-27)19(16(12-24)21(25)30-18)15-5-2-3-6-17(15)23/h2-3,5-7,10-11,13,19H,4,8-9,25H2,1H3/t19-/m1/s1. The van der Waals surface area contributed by atoms with Gasteiger partial charge in [-0.25, -0.2) is 9.37 Å². The molecule has 4 rings (SSSR count). The van der Waals surface area contributed by atoms with Gasteiger partial charge in [0.1, 0.15) is 23.2 Å². The Morgan fingerprint density at radius 1 is 1.33 bits per heavy atom. The molecule has 0 amide bonds. The van der Waals surface area contributed by atoms with E-state index >= 15 is 0 Å². The van der Waals surface area contributed by atoms with Crippen molar-refractivity contribution in [3.05, 3.63) is 93.5 Å². The molecule has 0 saturated heterocycles. The Morgan fingerprint density at radius 3 is 2.83 bits per heavy atom. The minimum atomic E-state index is -0.923. The van der Waals surface area contributed by atoms with Crippen LogP contribution in [0, 0.1) is 24.1 Å².